The lowest BCUT2D eigenvalue weighted by Gasteiger charge is -2.16. The molecule has 29 heavy (non-hydrogen) atoms. The number of pyridine rings is 1. The second-order valence-corrected chi connectivity index (χ2v) is 7.32. The maximum Gasteiger partial charge on any atom is 0.277 e. The number of hydrazine groups is 1. The van der Waals surface area contributed by atoms with E-state index in [0.29, 0.717) is 27.3 Å². The Balaban J connectivity index is 1.45. The van der Waals surface area contributed by atoms with E-state index in [2.05, 4.69) is 15.8 Å². The van der Waals surface area contributed by atoms with Crippen molar-refractivity contribution in [1.82, 2.24) is 15.8 Å². The number of aromatic nitrogens is 1. The Morgan fingerprint density at radius 1 is 1.28 bits per heavy atom. The molecule has 0 spiro atoms. The van der Waals surface area contributed by atoms with Gasteiger partial charge in [-0.05, 0) is 36.4 Å². The summed E-state index contributed by atoms with van der Waals surface area (Å²) in [5, 5.41) is 0.695. The maximum atomic E-state index is 12.7. The van der Waals surface area contributed by atoms with E-state index < -0.39 is 17.9 Å². The minimum atomic E-state index is -0.873. The summed E-state index contributed by atoms with van der Waals surface area (Å²) in [5.74, 6) is -0.692. The van der Waals surface area contributed by atoms with E-state index >= 15 is 0 Å². The number of nitrogen functional groups attached to an aromatic ring is 1. The largest absolute Gasteiger partial charge is 0.497 e. The van der Waals surface area contributed by atoms with Crippen molar-refractivity contribution >= 4 is 50.6 Å². The number of thiophene rings is 1. The van der Waals surface area contributed by atoms with Gasteiger partial charge in [0.25, 0.3) is 11.8 Å². The van der Waals surface area contributed by atoms with Gasteiger partial charge in [-0.1, -0.05) is 0 Å². The molecule has 148 valence electrons. The number of nitrogens with one attached hydrogen (secondary N) is 2. The maximum absolute atomic E-state index is 12.7. The number of nitrogens with zero attached hydrogens (tertiary/aromatic N) is 2. The highest BCUT2D eigenvalue weighted by Gasteiger charge is 2.39. The van der Waals surface area contributed by atoms with Gasteiger partial charge < -0.3 is 10.5 Å². The molecule has 9 nitrogen and oxygen atoms in total. The van der Waals surface area contributed by atoms with E-state index in [-0.39, 0.29) is 17.2 Å². The molecule has 0 aliphatic carbocycles. The van der Waals surface area contributed by atoms with Crippen LogP contribution in [0.5, 0.6) is 5.75 Å². The number of imide groups is 1. The van der Waals surface area contributed by atoms with Crippen molar-refractivity contribution in [3.05, 3.63) is 47.5 Å². The molecule has 1 aliphatic rings. The number of methoxy groups -OCH3 is 1. The SMILES string of the molecule is COc1ccc(N2C(=O)CC(NNC(=O)c3sc4ncccc4c3N)C2=O)cc1. The van der Waals surface area contributed by atoms with Crippen molar-refractivity contribution in [3.63, 3.8) is 0 Å². The first-order chi connectivity index (χ1) is 14.0. The highest BCUT2D eigenvalue weighted by atomic mass is 32.1. The van der Waals surface area contributed by atoms with Crippen molar-refractivity contribution < 1.29 is 19.1 Å². The quantitative estimate of drug-likeness (QED) is 0.428. The molecular formula is C19H17N5O4S. The molecule has 1 unspecified atom stereocenters. The van der Waals surface area contributed by atoms with E-state index in [4.69, 9.17) is 10.5 Å². The lowest BCUT2D eigenvalue weighted by Crippen LogP contribution is -2.48. The van der Waals surface area contributed by atoms with Crippen molar-refractivity contribution in [3.8, 4) is 5.75 Å². The van der Waals surface area contributed by atoms with Crippen LogP contribution < -0.4 is 26.2 Å². The third-order valence-corrected chi connectivity index (χ3v) is 5.68. The average molecular weight is 411 g/mol. The molecule has 3 heterocycles. The van der Waals surface area contributed by atoms with Crippen LogP contribution in [0.3, 0.4) is 0 Å². The Labute approximate surface area is 169 Å². The Morgan fingerprint density at radius 3 is 2.72 bits per heavy atom. The van der Waals surface area contributed by atoms with Gasteiger partial charge in [-0.15, -0.1) is 11.3 Å². The second-order valence-electron chi connectivity index (χ2n) is 6.32. The Morgan fingerprint density at radius 2 is 2.03 bits per heavy atom. The zero-order chi connectivity index (χ0) is 20.5. The topological polar surface area (TPSA) is 127 Å². The predicted octanol–water partition coefficient (Wildman–Crippen LogP) is 1.45. The first-order valence-corrected chi connectivity index (χ1v) is 9.51. The number of carbonyl (C=O) groups is 3. The first kappa shape index (κ1) is 18.8. The third-order valence-electron chi connectivity index (χ3n) is 4.55. The van der Waals surface area contributed by atoms with Gasteiger partial charge in [0.2, 0.25) is 5.91 Å². The minimum absolute atomic E-state index is 0.0748. The summed E-state index contributed by atoms with van der Waals surface area (Å²) in [5.41, 5.74) is 11.9. The molecule has 4 N–H and O–H groups in total. The summed E-state index contributed by atoms with van der Waals surface area (Å²) < 4.78 is 5.08. The normalized spacial score (nSPS) is 16.4. The summed E-state index contributed by atoms with van der Waals surface area (Å²) in [6, 6.07) is 9.22. The van der Waals surface area contributed by atoms with Crippen LogP contribution in [0.25, 0.3) is 10.2 Å². The number of nitrogens with two attached hydrogens (primary N) is 1. The van der Waals surface area contributed by atoms with Crippen LogP contribution in [0.2, 0.25) is 0 Å². The lowest BCUT2D eigenvalue weighted by atomic mass is 10.2. The number of amides is 3. The third kappa shape index (κ3) is 3.39. The molecule has 1 aromatic carbocycles. The van der Waals surface area contributed by atoms with Crippen molar-refractivity contribution in [2.75, 3.05) is 17.7 Å². The minimum Gasteiger partial charge on any atom is -0.497 e. The molecule has 0 saturated carbocycles. The van der Waals surface area contributed by atoms with E-state index in [9.17, 15) is 14.4 Å². The monoisotopic (exact) mass is 411 g/mol. The van der Waals surface area contributed by atoms with Gasteiger partial charge in [-0.2, -0.15) is 0 Å². The smallest absolute Gasteiger partial charge is 0.277 e. The summed E-state index contributed by atoms with van der Waals surface area (Å²) in [6.07, 6.45) is 1.55. The van der Waals surface area contributed by atoms with Gasteiger partial charge in [0.1, 0.15) is 21.5 Å². The van der Waals surface area contributed by atoms with Crippen molar-refractivity contribution in [2.24, 2.45) is 0 Å². The number of rotatable bonds is 5. The first-order valence-electron chi connectivity index (χ1n) is 8.69. The summed E-state index contributed by atoms with van der Waals surface area (Å²) >= 11 is 1.15. The predicted molar refractivity (Wildman–Crippen MR) is 109 cm³/mol. The number of carbonyl (C=O) groups excluding carboxylic acids is 3. The van der Waals surface area contributed by atoms with E-state index in [1.54, 1.807) is 42.6 Å². The average Bonchev–Trinajstić information content (AvgIpc) is 3.22. The molecule has 1 saturated heterocycles. The van der Waals surface area contributed by atoms with Crippen molar-refractivity contribution in [1.29, 1.82) is 0 Å². The number of ether oxygens (including phenoxy) is 1. The van der Waals surface area contributed by atoms with Gasteiger partial charge in [-0.3, -0.25) is 19.8 Å². The van der Waals surface area contributed by atoms with Crippen LogP contribution >= 0.6 is 11.3 Å². The van der Waals surface area contributed by atoms with Crippen LogP contribution in [0.4, 0.5) is 11.4 Å². The Bertz CT molecular complexity index is 1110. The molecule has 1 atom stereocenters. The molecule has 1 fully saturated rings. The number of hydrogen-bond acceptors (Lipinski definition) is 8. The zero-order valence-corrected chi connectivity index (χ0v) is 16.2. The molecule has 3 amide bonds. The zero-order valence-electron chi connectivity index (χ0n) is 15.3. The Hall–Kier alpha value is -3.50. The molecule has 1 aliphatic heterocycles. The summed E-state index contributed by atoms with van der Waals surface area (Å²) in [7, 11) is 1.53. The molecular weight excluding hydrogens is 394 g/mol. The number of hydrogen-bond donors (Lipinski definition) is 3. The second kappa shape index (κ2) is 7.49. The van der Waals surface area contributed by atoms with Crippen molar-refractivity contribution in [2.45, 2.75) is 12.5 Å². The molecule has 4 rings (SSSR count). The fourth-order valence-corrected chi connectivity index (χ4v) is 4.03. The van der Waals surface area contributed by atoms with E-state index in [0.717, 1.165) is 16.2 Å². The highest BCUT2D eigenvalue weighted by molar-refractivity contribution is 7.21. The molecule has 0 radical (unpaired) electrons. The lowest BCUT2D eigenvalue weighted by molar-refractivity contribution is -0.121. The molecule has 0 bridgehead atoms. The van der Waals surface area contributed by atoms with Gasteiger partial charge in [0, 0.05) is 11.6 Å². The van der Waals surface area contributed by atoms with Crippen LogP contribution in [0.15, 0.2) is 42.6 Å². The fraction of sp³-hybridized carbons (Fsp3) is 0.158. The van der Waals surface area contributed by atoms with Crippen LogP contribution in [0.1, 0.15) is 16.1 Å². The summed E-state index contributed by atoms with van der Waals surface area (Å²) in [6.45, 7) is 0. The Kier molecular flexibility index (Phi) is 4.87. The van der Waals surface area contributed by atoms with Crippen LogP contribution in [0, 0.1) is 0 Å². The van der Waals surface area contributed by atoms with Gasteiger partial charge in [-0.25, -0.2) is 15.3 Å². The standard InChI is InChI=1S/C19H17N5O4S/c1-28-11-6-4-10(5-7-11)24-14(25)9-13(19(24)27)22-23-17(26)16-15(20)12-3-2-8-21-18(12)29-16/h2-8,13,22H,9,20H2,1H3,(H,23,26). The van der Waals surface area contributed by atoms with Gasteiger partial charge in [0.05, 0.1) is 24.9 Å². The number of benzene rings is 1. The highest BCUT2D eigenvalue weighted by Crippen LogP contribution is 2.31. The van der Waals surface area contributed by atoms with Crippen LogP contribution in [-0.4, -0.2) is 35.9 Å². The van der Waals surface area contributed by atoms with Gasteiger partial charge in [0.15, 0.2) is 0 Å². The molecule has 2 aromatic heterocycles. The van der Waals surface area contributed by atoms with Gasteiger partial charge >= 0.3 is 0 Å². The van der Waals surface area contributed by atoms with E-state index in [1.807, 2.05) is 0 Å². The molecule has 10 heteroatoms. The number of anilines is 2. The number of fused-ring (bicyclic) bond motifs is 1. The fourth-order valence-electron chi connectivity index (χ4n) is 3.08. The van der Waals surface area contributed by atoms with Crippen LogP contribution in [-0.2, 0) is 9.59 Å². The van der Waals surface area contributed by atoms with E-state index in [1.165, 1.54) is 7.11 Å². The summed E-state index contributed by atoms with van der Waals surface area (Å²) in [4.78, 5) is 43.7. The molecule has 3 aromatic rings.